The minimum atomic E-state index is -0.199. The van der Waals surface area contributed by atoms with Crippen LogP contribution in [0.4, 0.5) is 16.0 Å². The van der Waals surface area contributed by atoms with Crippen molar-refractivity contribution in [2.24, 2.45) is 5.41 Å². The zero-order valence-corrected chi connectivity index (χ0v) is 20.3. The topological polar surface area (TPSA) is 35.2 Å². The number of benzene rings is 3. The molecule has 0 bridgehead atoms. The van der Waals surface area contributed by atoms with Gasteiger partial charge >= 0.3 is 0 Å². The Morgan fingerprint density at radius 1 is 1.00 bits per heavy atom. The molecule has 33 heavy (non-hydrogen) atoms. The molecule has 1 unspecified atom stereocenters. The van der Waals surface area contributed by atoms with Gasteiger partial charge in [0.1, 0.15) is 5.82 Å². The van der Waals surface area contributed by atoms with Crippen LogP contribution in [0.5, 0.6) is 0 Å². The summed E-state index contributed by atoms with van der Waals surface area (Å²) < 4.78 is 14.6. The van der Waals surface area contributed by atoms with E-state index in [2.05, 4.69) is 55.0 Å². The Morgan fingerprint density at radius 3 is 2.45 bits per heavy atom. The maximum absolute atomic E-state index is 13.5. The SMILES string of the molecule is Fc1ccc(N2CC3(CCN(c4nc5ccc(Cl)cc5[nH]4)CC3)C2c2ccc(Br)cc2)cc1. The van der Waals surface area contributed by atoms with E-state index in [0.717, 1.165) is 59.6 Å². The molecule has 3 heterocycles. The molecule has 3 aromatic carbocycles. The molecule has 2 saturated heterocycles. The fraction of sp³-hybridized carbons (Fsp3) is 0.269. The second kappa shape index (κ2) is 8.03. The number of halogens is 3. The largest absolute Gasteiger partial charge is 0.363 e. The van der Waals surface area contributed by atoms with Gasteiger partial charge in [-0.2, -0.15) is 0 Å². The summed E-state index contributed by atoms with van der Waals surface area (Å²) in [6.45, 7) is 2.86. The van der Waals surface area contributed by atoms with Gasteiger partial charge in [0.25, 0.3) is 0 Å². The van der Waals surface area contributed by atoms with E-state index in [0.29, 0.717) is 5.02 Å². The van der Waals surface area contributed by atoms with Crippen LogP contribution < -0.4 is 9.80 Å². The number of aromatic nitrogens is 2. The number of hydrogen-bond acceptors (Lipinski definition) is 3. The van der Waals surface area contributed by atoms with Crippen molar-refractivity contribution in [2.45, 2.75) is 18.9 Å². The van der Waals surface area contributed by atoms with Crippen molar-refractivity contribution >= 4 is 50.2 Å². The summed E-state index contributed by atoms with van der Waals surface area (Å²) in [5.41, 5.74) is 4.48. The summed E-state index contributed by atoms with van der Waals surface area (Å²) >= 11 is 9.71. The Labute approximate surface area is 205 Å². The molecule has 0 aliphatic carbocycles. The second-order valence-corrected chi connectivity index (χ2v) is 10.5. The molecule has 4 aromatic rings. The number of hydrogen-bond donors (Lipinski definition) is 1. The van der Waals surface area contributed by atoms with Gasteiger partial charge in [0.05, 0.1) is 17.1 Å². The molecule has 2 aliphatic rings. The fourth-order valence-electron chi connectivity index (χ4n) is 5.50. The highest BCUT2D eigenvalue weighted by Gasteiger charge is 2.54. The molecule has 7 heteroatoms. The van der Waals surface area contributed by atoms with Crippen LogP contribution >= 0.6 is 27.5 Å². The summed E-state index contributed by atoms with van der Waals surface area (Å²) in [4.78, 5) is 13.0. The number of anilines is 2. The number of fused-ring (bicyclic) bond motifs is 1. The van der Waals surface area contributed by atoms with E-state index in [1.165, 1.54) is 5.56 Å². The maximum atomic E-state index is 13.5. The molecule has 1 spiro atoms. The lowest BCUT2D eigenvalue weighted by atomic mass is 9.63. The average molecular weight is 526 g/mol. The van der Waals surface area contributed by atoms with Crippen LogP contribution in [0.15, 0.2) is 71.2 Å². The molecule has 0 radical (unpaired) electrons. The number of nitrogens with zero attached hydrogens (tertiary/aromatic N) is 3. The third-order valence-corrected chi connectivity index (χ3v) is 7.97. The molecule has 0 saturated carbocycles. The molecule has 1 aromatic heterocycles. The number of imidazole rings is 1. The molecule has 4 nitrogen and oxygen atoms in total. The molecule has 2 fully saturated rings. The summed E-state index contributed by atoms with van der Waals surface area (Å²) in [7, 11) is 0. The van der Waals surface area contributed by atoms with Gasteiger partial charge in [-0.05, 0) is 73.0 Å². The van der Waals surface area contributed by atoms with E-state index < -0.39 is 0 Å². The third kappa shape index (κ3) is 3.69. The van der Waals surface area contributed by atoms with E-state index in [1.54, 1.807) is 12.1 Å². The highest BCUT2D eigenvalue weighted by Crippen LogP contribution is 2.56. The van der Waals surface area contributed by atoms with Gasteiger partial charge < -0.3 is 14.8 Å². The van der Waals surface area contributed by atoms with Crippen LogP contribution in [0.2, 0.25) is 5.02 Å². The predicted molar refractivity (Wildman–Crippen MR) is 136 cm³/mol. The van der Waals surface area contributed by atoms with Crippen molar-refractivity contribution in [3.8, 4) is 0 Å². The van der Waals surface area contributed by atoms with Crippen LogP contribution in [0.25, 0.3) is 11.0 Å². The van der Waals surface area contributed by atoms with Crippen molar-refractivity contribution in [2.75, 3.05) is 29.4 Å². The van der Waals surface area contributed by atoms with Gasteiger partial charge in [-0.15, -0.1) is 0 Å². The maximum Gasteiger partial charge on any atom is 0.203 e. The Kier molecular flexibility index (Phi) is 5.11. The van der Waals surface area contributed by atoms with E-state index in [1.807, 2.05) is 30.3 Å². The van der Waals surface area contributed by atoms with Gasteiger partial charge in [0.15, 0.2) is 0 Å². The van der Waals surface area contributed by atoms with Crippen LogP contribution in [-0.2, 0) is 0 Å². The standard InChI is InChI=1S/C26H23BrClFN4/c27-18-3-1-17(2-4-18)24-26(16-33(24)21-8-6-20(29)7-9-21)11-13-32(14-12-26)25-30-22-10-5-19(28)15-23(22)31-25/h1-10,15,24H,11-14,16H2,(H,30,31). The highest BCUT2D eigenvalue weighted by atomic mass is 79.9. The number of aromatic amines is 1. The molecular weight excluding hydrogens is 503 g/mol. The number of H-pyrrole nitrogens is 1. The lowest BCUT2D eigenvalue weighted by Gasteiger charge is -2.61. The average Bonchev–Trinajstić information content (AvgIpc) is 3.23. The van der Waals surface area contributed by atoms with Gasteiger partial charge in [-0.25, -0.2) is 9.37 Å². The van der Waals surface area contributed by atoms with Gasteiger partial charge in [-0.3, -0.25) is 0 Å². The predicted octanol–water partition coefficient (Wildman–Crippen LogP) is 6.97. The summed E-state index contributed by atoms with van der Waals surface area (Å²) in [5.74, 6) is 0.714. The Morgan fingerprint density at radius 2 is 1.73 bits per heavy atom. The monoisotopic (exact) mass is 524 g/mol. The van der Waals surface area contributed by atoms with Crippen molar-refractivity contribution in [1.82, 2.24) is 9.97 Å². The lowest BCUT2D eigenvalue weighted by molar-refractivity contribution is 0.0900. The number of piperidine rings is 1. The summed E-state index contributed by atoms with van der Waals surface area (Å²) in [6, 6.07) is 21.6. The molecule has 1 N–H and O–H groups in total. The second-order valence-electron chi connectivity index (χ2n) is 9.13. The zero-order chi connectivity index (χ0) is 22.6. The van der Waals surface area contributed by atoms with Crippen molar-refractivity contribution in [3.63, 3.8) is 0 Å². The lowest BCUT2D eigenvalue weighted by Crippen LogP contribution is -2.62. The van der Waals surface area contributed by atoms with E-state index >= 15 is 0 Å². The smallest absolute Gasteiger partial charge is 0.203 e. The molecule has 168 valence electrons. The van der Waals surface area contributed by atoms with Crippen molar-refractivity contribution < 1.29 is 4.39 Å². The van der Waals surface area contributed by atoms with Gasteiger partial charge in [0.2, 0.25) is 5.95 Å². The van der Waals surface area contributed by atoms with Crippen LogP contribution in [0.1, 0.15) is 24.4 Å². The minimum Gasteiger partial charge on any atom is -0.363 e. The number of nitrogens with one attached hydrogen (secondary N) is 1. The highest BCUT2D eigenvalue weighted by molar-refractivity contribution is 9.10. The van der Waals surface area contributed by atoms with Crippen LogP contribution in [-0.4, -0.2) is 29.6 Å². The molecule has 6 rings (SSSR count). The normalized spacial score (nSPS) is 19.8. The number of rotatable bonds is 3. The Hall–Kier alpha value is -2.57. The van der Waals surface area contributed by atoms with Gasteiger partial charge in [0, 0.05) is 40.2 Å². The molecule has 2 aliphatic heterocycles. The summed E-state index contributed by atoms with van der Waals surface area (Å²) in [6.07, 6.45) is 2.15. The molecule has 1 atom stereocenters. The Bertz CT molecular complexity index is 1300. The zero-order valence-electron chi connectivity index (χ0n) is 17.9. The van der Waals surface area contributed by atoms with Crippen LogP contribution in [0.3, 0.4) is 0 Å². The van der Waals surface area contributed by atoms with Crippen molar-refractivity contribution in [1.29, 1.82) is 0 Å². The van der Waals surface area contributed by atoms with Crippen LogP contribution in [0, 0.1) is 11.2 Å². The van der Waals surface area contributed by atoms with Crippen molar-refractivity contribution in [3.05, 3.63) is 87.6 Å². The first-order valence-electron chi connectivity index (χ1n) is 11.2. The Balaban J connectivity index is 1.26. The third-order valence-electron chi connectivity index (χ3n) is 7.21. The van der Waals surface area contributed by atoms with E-state index in [9.17, 15) is 4.39 Å². The van der Waals surface area contributed by atoms with E-state index in [4.69, 9.17) is 16.6 Å². The minimum absolute atomic E-state index is 0.189. The van der Waals surface area contributed by atoms with E-state index in [-0.39, 0.29) is 17.3 Å². The molecular formula is C26H23BrClFN4. The first kappa shape index (κ1) is 21.0. The first-order valence-corrected chi connectivity index (χ1v) is 12.4. The van der Waals surface area contributed by atoms with Gasteiger partial charge in [-0.1, -0.05) is 39.7 Å². The quantitative estimate of drug-likeness (QED) is 0.314. The first-order chi connectivity index (χ1) is 16.0. The molecule has 0 amide bonds. The fourth-order valence-corrected chi connectivity index (χ4v) is 5.94. The summed E-state index contributed by atoms with van der Waals surface area (Å²) in [5, 5.41) is 0.711.